The van der Waals surface area contributed by atoms with E-state index in [-0.39, 0.29) is 63.8 Å². The Morgan fingerprint density at radius 1 is 0.814 bits per heavy atom. The summed E-state index contributed by atoms with van der Waals surface area (Å²) >= 11 is 0. The van der Waals surface area contributed by atoms with Crippen LogP contribution in [0.3, 0.4) is 0 Å². The fourth-order valence-corrected chi connectivity index (χ4v) is 4.49. The topological polar surface area (TPSA) is 196 Å². The molecule has 0 atom stereocenters. The number of anilines is 2. The zero-order chi connectivity index (χ0) is 29.9. The van der Waals surface area contributed by atoms with Gasteiger partial charge in [-0.05, 0) is 78.4 Å². The molecule has 0 spiro atoms. The van der Waals surface area contributed by atoms with Crippen LogP contribution in [0, 0.1) is 5.41 Å². The summed E-state index contributed by atoms with van der Waals surface area (Å²) < 4.78 is 32.2. The van der Waals surface area contributed by atoms with E-state index in [0.29, 0.717) is 28.3 Å². The molecule has 0 unspecified atom stereocenters. The first-order valence-corrected chi connectivity index (χ1v) is 13.7. The summed E-state index contributed by atoms with van der Waals surface area (Å²) in [5.41, 5.74) is 8.62. The predicted octanol–water partition coefficient (Wildman–Crippen LogP) is 1.47. The smallest absolute Gasteiger partial charge is 0.872 e. The summed E-state index contributed by atoms with van der Waals surface area (Å²) in [5, 5.41) is 30.3. The molecule has 5 N–H and O–H groups in total. The first kappa shape index (κ1) is 31.3. The minimum absolute atomic E-state index is 0. The maximum atomic E-state index is 12.7. The summed E-state index contributed by atoms with van der Waals surface area (Å²) in [5.74, 6) is -1.15. The normalized spacial score (nSPS) is 14.4. The van der Waals surface area contributed by atoms with Crippen molar-refractivity contribution in [3.05, 3.63) is 124 Å². The summed E-state index contributed by atoms with van der Waals surface area (Å²) in [7, 11) is -4.57. The SMILES string of the molecule is N=C1C=CC2=CC(S(=O)(=O)O)=CC(=O)C2=C1NNc1ccc(C(=O)Nc2ccc(N=Nc3ccc([O-])cc3)cc2)cc1.[Na+]. The van der Waals surface area contributed by atoms with Gasteiger partial charge in [0.25, 0.3) is 16.0 Å². The molecule has 0 heterocycles. The van der Waals surface area contributed by atoms with Crippen LogP contribution in [0.1, 0.15) is 10.4 Å². The molecule has 0 radical (unpaired) electrons. The number of ketones is 1. The number of hydrogen-bond acceptors (Lipinski definition) is 10. The van der Waals surface area contributed by atoms with Crippen molar-refractivity contribution in [2.45, 2.75) is 0 Å². The minimum Gasteiger partial charge on any atom is -0.872 e. The van der Waals surface area contributed by atoms with Gasteiger partial charge in [-0.25, -0.2) is 0 Å². The molecule has 14 heteroatoms. The van der Waals surface area contributed by atoms with Gasteiger partial charge in [0.15, 0.2) is 5.78 Å². The summed E-state index contributed by atoms with van der Waals surface area (Å²) in [4.78, 5) is 24.8. The molecule has 2 aliphatic rings. The molecular formula is C29H21N6NaO6S. The number of allylic oxidation sites excluding steroid dienone is 6. The number of nitrogens with zero attached hydrogens (tertiary/aromatic N) is 2. The number of hydrogen-bond donors (Lipinski definition) is 5. The number of rotatable bonds is 8. The van der Waals surface area contributed by atoms with Crippen molar-refractivity contribution in [2.75, 3.05) is 10.7 Å². The van der Waals surface area contributed by atoms with E-state index in [4.69, 9.17) is 5.41 Å². The second-order valence-corrected chi connectivity index (χ2v) is 10.4. The van der Waals surface area contributed by atoms with E-state index >= 15 is 0 Å². The van der Waals surface area contributed by atoms with Crippen molar-refractivity contribution in [1.29, 1.82) is 5.41 Å². The van der Waals surface area contributed by atoms with Crippen LogP contribution in [-0.4, -0.2) is 30.4 Å². The van der Waals surface area contributed by atoms with E-state index in [0.717, 1.165) is 12.2 Å². The van der Waals surface area contributed by atoms with Crippen LogP contribution in [0.25, 0.3) is 0 Å². The Labute approximate surface area is 268 Å². The largest absolute Gasteiger partial charge is 1.00 e. The Hall–Kier alpha value is -4.66. The molecule has 0 bridgehead atoms. The van der Waals surface area contributed by atoms with Crippen LogP contribution in [0.2, 0.25) is 0 Å². The average Bonchev–Trinajstić information content (AvgIpc) is 2.97. The van der Waals surface area contributed by atoms with Gasteiger partial charge in [0, 0.05) is 17.3 Å². The van der Waals surface area contributed by atoms with Gasteiger partial charge in [-0.2, -0.15) is 18.6 Å². The van der Waals surface area contributed by atoms with Crippen molar-refractivity contribution >= 4 is 50.3 Å². The third kappa shape index (κ3) is 7.60. The van der Waals surface area contributed by atoms with E-state index in [2.05, 4.69) is 26.4 Å². The number of azo groups is 1. The number of benzene rings is 3. The zero-order valence-electron chi connectivity index (χ0n) is 22.5. The molecular weight excluding hydrogens is 583 g/mol. The third-order valence-corrected chi connectivity index (χ3v) is 6.91. The molecule has 43 heavy (non-hydrogen) atoms. The number of fused-ring (bicyclic) bond motifs is 1. The molecule has 210 valence electrons. The minimum atomic E-state index is -4.57. The molecule has 0 saturated heterocycles. The number of carbonyl (C=O) groups excluding carboxylic acids is 2. The van der Waals surface area contributed by atoms with Crippen molar-refractivity contribution in [1.82, 2.24) is 5.43 Å². The fourth-order valence-electron chi connectivity index (χ4n) is 3.96. The Bertz CT molecular complexity index is 1860. The quantitative estimate of drug-likeness (QED) is 0.110. The Kier molecular flexibility index (Phi) is 9.53. The molecule has 0 fully saturated rings. The van der Waals surface area contributed by atoms with Gasteiger partial charge in [-0.3, -0.25) is 25.0 Å². The van der Waals surface area contributed by atoms with Gasteiger partial charge in [0.1, 0.15) is 0 Å². The molecule has 12 nitrogen and oxygen atoms in total. The molecule has 3 aromatic carbocycles. The van der Waals surface area contributed by atoms with Crippen LogP contribution >= 0.6 is 0 Å². The van der Waals surface area contributed by atoms with E-state index in [1.54, 1.807) is 60.7 Å². The fraction of sp³-hybridized carbons (Fsp3) is 0. The van der Waals surface area contributed by atoms with Crippen LogP contribution in [0.4, 0.5) is 22.7 Å². The zero-order valence-corrected chi connectivity index (χ0v) is 25.3. The number of nitrogens with one attached hydrogen (secondary N) is 4. The predicted molar refractivity (Wildman–Crippen MR) is 154 cm³/mol. The van der Waals surface area contributed by atoms with Crippen molar-refractivity contribution in [3.63, 3.8) is 0 Å². The van der Waals surface area contributed by atoms with Crippen molar-refractivity contribution < 1.29 is 57.2 Å². The molecule has 2 aliphatic carbocycles. The maximum absolute atomic E-state index is 12.7. The van der Waals surface area contributed by atoms with Gasteiger partial charge in [-0.15, -0.1) is 5.75 Å². The monoisotopic (exact) mass is 604 g/mol. The molecule has 3 aromatic rings. The number of hydrazine groups is 1. The Balaban J connectivity index is 0.00000423. The molecule has 0 aromatic heterocycles. The van der Waals surface area contributed by atoms with E-state index in [1.165, 1.54) is 24.3 Å². The first-order chi connectivity index (χ1) is 20.1. The molecule has 5 rings (SSSR count). The second-order valence-electron chi connectivity index (χ2n) is 9.00. The van der Waals surface area contributed by atoms with Crippen LogP contribution in [0.5, 0.6) is 5.75 Å². The number of amides is 1. The number of carbonyl (C=O) groups is 2. The van der Waals surface area contributed by atoms with E-state index in [1.807, 2.05) is 0 Å². The maximum Gasteiger partial charge on any atom is 1.00 e. The molecule has 0 saturated carbocycles. The van der Waals surface area contributed by atoms with Crippen molar-refractivity contribution in [3.8, 4) is 5.75 Å². The first-order valence-electron chi connectivity index (χ1n) is 12.3. The second kappa shape index (κ2) is 13.1. The summed E-state index contributed by atoms with van der Waals surface area (Å²) in [6.07, 6.45) is 4.75. The van der Waals surface area contributed by atoms with Gasteiger partial charge in [0.05, 0.1) is 38.9 Å². The van der Waals surface area contributed by atoms with Gasteiger partial charge < -0.3 is 15.8 Å². The van der Waals surface area contributed by atoms with Crippen molar-refractivity contribution in [2.24, 2.45) is 10.2 Å². The molecule has 0 aliphatic heterocycles. The van der Waals surface area contributed by atoms with Crippen LogP contribution in [0.15, 0.2) is 129 Å². The average molecular weight is 605 g/mol. The van der Waals surface area contributed by atoms with E-state index in [9.17, 15) is 27.7 Å². The van der Waals surface area contributed by atoms with Gasteiger partial charge in [0.2, 0.25) is 0 Å². The summed E-state index contributed by atoms with van der Waals surface area (Å²) in [6.45, 7) is 0. The molecule has 1 amide bonds. The standard InChI is InChI=1S/C29H22N6O6S.Na/c30-25-14-3-18-15-24(42(39,40)41)16-26(37)27(18)28(25)35-34-20-4-1-17(2-5-20)29(38)31-19-6-8-21(9-7-19)32-33-22-10-12-23(36)13-11-22;/h1-16,30,34-36H,(H,31,38)(H,39,40,41);/q;+1/p-1. The third-order valence-electron chi connectivity index (χ3n) is 6.07. The van der Waals surface area contributed by atoms with Crippen LogP contribution < -0.4 is 50.8 Å². The van der Waals surface area contributed by atoms with Gasteiger partial charge >= 0.3 is 29.6 Å². The Morgan fingerprint density at radius 3 is 2.00 bits per heavy atom. The van der Waals surface area contributed by atoms with Gasteiger partial charge in [-0.1, -0.05) is 18.2 Å². The Morgan fingerprint density at radius 2 is 1.40 bits per heavy atom. The van der Waals surface area contributed by atoms with Crippen LogP contribution in [-0.2, 0) is 14.9 Å². The summed E-state index contributed by atoms with van der Waals surface area (Å²) in [6, 6.07) is 19.1. The van der Waals surface area contributed by atoms with E-state index < -0.39 is 20.8 Å².